The summed E-state index contributed by atoms with van der Waals surface area (Å²) in [5, 5.41) is 0. The quantitative estimate of drug-likeness (QED) is 0.651. The van der Waals surface area contributed by atoms with Crippen LogP contribution in [0.15, 0.2) is 78.9 Å². The van der Waals surface area contributed by atoms with Crippen molar-refractivity contribution in [3.8, 4) is 11.1 Å². The topological polar surface area (TPSA) is 20.3 Å². The van der Waals surface area contributed by atoms with E-state index in [2.05, 4.69) is 60.7 Å². The number of carbonyl (C=O) groups is 1. The van der Waals surface area contributed by atoms with Crippen molar-refractivity contribution in [1.29, 1.82) is 0 Å². The fourth-order valence-corrected chi connectivity index (χ4v) is 3.86. The van der Waals surface area contributed by atoms with Crippen LogP contribution in [0.5, 0.6) is 0 Å². The largest absolute Gasteiger partial charge is 0.338 e. The second-order valence-corrected chi connectivity index (χ2v) is 7.00. The number of likely N-dealkylation sites (N-methyl/N-ethyl adjacent to an activating group) is 1. The summed E-state index contributed by atoms with van der Waals surface area (Å²) in [6.45, 7) is 0. The molecular weight excluding hydrogens is 318 g/mol. The number of hydrogen-bond acceptors (Lipinski definition) is 1. The van der Waals surface area contributed by atoms with Crippen LogP contribution in [0.4, 0.5) is 0 Å². The Morgan fingerprint density at radius 2 is 1.54 bits per heavy atom. The Bertz CT molecular complexity index is 899. The molecule has 4 rings (SSSR count). The normalized spacial score (nSPS) is 15.5. The smallest absolute Gasteiger partial charge is 0.227 e. The SMILES string of the molecule is CN(C(=O)Cc1ccc(-c2ccccc2)cc1)[C@@H]1CCc2ccccc21. The first kappa shape index (κ1) is 16.6. The van der Waals surface area contributed by atoms with Crippen LogP contribution in [-0.4, -0.2) is 17.9 Å². The van der Waals surface area contributed by atoms with E-state index in [1.165, 1.54) is 22.3 Å². The molecule has 1 atom stereocenters. The Hall–Kier alpha value is -2.87. The number of nitrogens with zero attached hydrogens (tertiary/aromatic N) is 1. The Morgan fingerprint density at radius 3 is 2.31 bits per heavy atom. The molecule has 0 spiro atoms. The zero-order valence-electron chi connectivity index (χ0n) is 15.1. The highest BCUT2D eigenvalue weighted by molar-refractivity contribution is 5.79. The second-order valence-electron chi connectivity index (χ2n) is 7.00. The fourth-order valence-electron chi connectivity index (χ4n) is 3.86. The lowest BCUT2D eigenvalue weighted by molar-refractivity contribution is -0.131. The zero-order valence-corrected chi connectivity index (χ0v) is 15.1. The minimum Gasteiger partial charge on any atom is -0.338 e. The third-order valence-corrected chi connectivity index (χ3v) is 5.38. The Morgan fingerprint density at radius 1 is 0.885 bits per heavy atom. The number of benzene rings is 3. The van der Waals surface area contributed by atoms with E-state index in [1.54, 1.807) is 0 Å². The Labute approximate surface area is 155 Å². The molecule has 0 aromatic heterocycles. The molecule has 0 radical (unpaired) electrons. The van der Waals surface area contributed by atoms with Crippen LogP contribution >= 0.6 is 0 Å². The maximum Gasteiger partial charge on any atom is 0.227 e. The molecule has 26 heavy (non-hydrogen) atoms. The molecule has 0 fully saturated rings. The third kappa shape index (κ3) is 3.28. The molecule has 0 bridgehead atoms. The fraction of sp³-hybridized carbons (Fsp3) is 0.208. The van der Waals surface area contributed by atoms with Gasteiger partial charge in [0, 0.05) is 7.05 Å². The number of amides is 1. The Balaban J connectivity index is 1.45. The van der Waals surface area contributed by atoms with Crippen molar-refractivity contribution >= 4 is 5.91 Å². The van der Waals surface area contributed by atoms with E-state index >= 15 is 0 Å². The van der Waals surface area contributed by atoms with Crippen LogP contribution < -0.4 is 0 Å². The molecule has 1 aliphatic carbocycles. The maximum absolute atomic E-state index is 12.8. The van der Waals surface area contributed by atoms with E-state index in [9.17, 15) is 4.79 Å². The highest BCUT2D eigenvalue weighted by Gasteiger charge is 2.28. The number of fused-ring (bicyclic) bond motifs is 1. The van der Waals surface area contributed by atoms with Gasteiger partial charge in [-0.05, 0) is 40.7 Å². The van der Waals surface area contributed by atoms with Crippen molar-refractivity contribution in [3.05, 3.63) is 95.6 Å². The molecule has 0 saturated heterocycles. The molecule has 1 amide bonds. The summed E-state index contributed by atoms with van der Waals surface area (Å²) in [6.07, 6.45) is 2.53. The van der Waals surface area contributed by atoms with E-state index in [1.807, 2.05) is 30.1 Å². The average molecular weight is 341 g/mol. The van der Waals surface area contributed by atoms with Gasteiger partial charge in [-0.15, -0.1) is 0 Å². The monoisotopic (exact) mass is 341 g/mol. The highest BCUT2D eigenvalue weighted by Crippen LogP contribution is 2.35. The summed E-state index contributed by atoms with van der Waals surface area (Å²) in [6, 6.07) is 27.3. The van der Waals surface area contributed by atoms with Gasteiger partial charge in [-0.3, -0.25) is 4.79 Å². The van der Waals surface area contributed by atoms with Crippen LogP contribution in [0, 0.1) is 0 Å². The molecule has 3 aromatic carbocycles. The van der Waals surface area contributed by atoms with Gasteiger partial charge in [0.05, 0.1) is 12.5 Å². The highest BCUT2D eigenvalue weighted by atomic mass is 16.2. The van der Waals surface area contributed by atoms with Gasteiger partial charge in [0.1, 0.15) is 0 Å². The minimum atomic E-state index is 0.180. The van der Waals surface area contributed by atoms with Crippen LogP contribution in [-0.2, 0) is 17.6 Å². The van der Waals surface area contributed by atoms with Crippen LogP contribution in [0.3, 0.4) is 0 Å². The number of hydrogen-bond donors (Lipinski definition) is 0. The standard InChI is InChI=1S/C24H23NO/c1-25(23-16-15-21-9-5-6-10-22(21)23)24(26)17-18-11-13-20(14-12-18)19-7-3-2-4-8-19/h2-14,23H,15-17H2,1H3/t23-/m1/s1. The lowest BCUT2D eigenvalue weighted by Gasteiger charge is -2.25. The molecule has 130 valence electrons. The van der Waals surface area contributed by atoms with Crippen LogP contribution in [0.2, 0.25) is 0 Å². The summed E-state index contributed by atoms with van der Waals surface area (Å²) in [5.74, 6) is 0.180. The van der Waals surface area contributed by atoms with Crippen molar-refractivity contribution in [1.82, 2.24) is 4.90 Å². The number of aryl methyl sites for hydroxylation is 1. The predicted octanol–water partition coefficient (Wildman–Crippen LogP) is 5.04. The van der Waals surface area contributed by atoms with Crippen LogP contribution in [0.1, 0.15) is 29.2 Å². The minimum absolute atomic E-state index is 0.180. The predicted molar refractivity (Wildman–Crippen MR) is 106 cm³/mol. The second kappa shape index (κ2) is 7.17. The molecule has 0 N–H and O–H groups in total. The summed E-state index contributed by atoms with van der Waals surface area (Å²) in [4.78, 5) is 14.7. The first-order valence-electron chi connectivity index (χ1n) is 9.20. The molecule has 1 aliphatic rings. The van der Waals surface area contributed by atoms with Crippen molar-refractivity contribution in [2.24, 2.45) is 0 Å². The summed E-state index contributed by atoms with van der Waals surface area (Å²) < 4.78 is 0. The first-order valence-corrected chi connectivity index (χ1v) is 9.20. The van der Waals surface area contributed by atoms with E-state index in [-0.39, 0.29) is 11.9 Å². The van der Waals surface area contributed by atoms with Crippen molar-refractivity contribution in [2.75, 3.05) is 7.05 Å². The molecule has 2 nitrogen and oxygen atoms in total. The molecular formula is C24H23NO. The Kier molecular flexibility index (Phi) is 4.57. The average Bonchev–Trinajstić information content (AvgIpc) is 3.13. The lowest BCUT2D eigenvalue weighted by atomic mass is 10.0. The van der Waals surface area contributed by atoms with E-state index in [0.717, 1.165) is 18.4 Å². The molecule has 3 aromatic rings. The molecule has 0 heterocycles. The molecule has 0 saturated carbocycles. The van der Waals surface area contributed by atoms with Gasteiger partial charge in [-0.25, -0.2) is 0 Å². The summed E-state index contributed by atoms with van der Waals surface area (Å²) in [5.41, 5.74) is 6.13. The number of rotatable bonds is 4. The molecule has 0 unspecified atom stereocenters. The van der Waals surface area contributed by atoms with Crippen molar-refractivity contribution in [2.45, 2.75) is 25.3 Å². The van der Waals surface area contributed by atoms with E-state index < -0.39 is 0 Å². The van der Waals surface area contributed by atoms with Gasteiger partial charge in [0.2, 0.25) is 5.91 Å². The number of carbonyl (C=O) groups excluding carboxylic acids is 1. The van der Waals surface area contributed by atoms with Crippen LogP contribution in [0.25, 0.3) is 11.1 Å². The van der Waals surface area contributed by atoms with Crippen molar-refractivity contribution in [3.63, 3.8) is 0 Å². The summed E-state index contributed by atoms with van der Waals surface area (Å²) in [7, 11) is 1.94. The third-order valence-electron chi connectivity index (χ3n) is 5.38. The molecule has 0 aliphatic heterocycles. The van der Waals surface area contributed by atoms with E-state index in [0.29, 0.717) is 6.42 Å². The maximum atomic E-state index is 12.8. The van der Waals surface area contributed by atoms with Gasteiger partial charge >= 0.3 is 0 Å². The summed E-state index contributed by atoms with van der Waals surface area (Å²) >= 11 is 0. The zero-order chi connectivity index (χ0) is 17.9. The van der Waals surface area contributed by atoms with Crippen molar-refractivity contribution < 1.29 is 4.79 Å². The van der Waals surface area contributed by atoms with Gasteiger partial charge < -0.3 is 4.90 Å². The van der Waals surface area contributed by atoms with Gasteiger partial charge in [-0.1, -0.05) is 78.9 Å². The van der Waals surface area contributed by atoms with Gasteiger partial charge in [-0.2, -0.15) is 0 Å². The van der Waals surface area contributed by atoms with Gasteiger partial charge in [0.15, 0.2) is 0 Å². The lowest BCUT2D eigenvalue weighted by Crippen LogP contribution is -2.31. The first-order chi connectivity index (χ1) is 12.7. The molecule has 2 heteroatoms. The van der Waals surface area contributed by atoms with E-state index in [4.69, 9.17) is 0 Å². The van der Waals surface area contributed by atoms with Gasteiger partial charge in [0.25, 0.3) is 0 Å².